The fourth-order valence-corrected chi connectivity index (χ4v) is 1.99. The predicted molar refractivity (Wildman–Crippen MR) is 62.6 cm³/mol. The van der Waals surface area contributed by atoms with Gasteiger partial charge in [-0.1, -0.05) is 6.92 Å². The van der Waals surface area contributed by atoms with Crippen LogP contribution in [0.4, 0.5) is 0 Å². The van der Waals surface area contributed by atoms with Crippen molar-refractivity contribution in [3.05, 3.63) is 0 Å². The average Bonchev–Trinajstić information content (AvgIpc) is 2.35. The van der Waals surface area contributed by atoms with Crippen molar-refractivity contribution in [1.29, 1.82) is 0 Å². The first kappa shape index (κ1) is 14.0. The van der Waals surface area contributed by atoms with E-state index in [4.69, 9.17) is 9.84 Å². The quantitative estimate of drug-likeness (QED) is 0.786. The molecule has 1 rings (SSSR count). The minimum absolute atomic E-state index is 0.0412. The molecule has 1 heterocycles. The largest absolute Gasteiger partial charge is 0.480 e. The molecule has 1 N–H and O–H groups in total. The van der Waals surface area contributed by atoms with Gasteiger partial charge < -0.3 is 14.7 Å². The van der Waals surface area contributed by atoms with Crippen LogP contribution < -0.4 is 0 Å². The zero-order valence-electron chi connectivity index (χ0n) is 10.5. The monoisotopic (exact) mass is 243 g/mol. The topological polar surface area (TPSA) is 66.8 Å². The molecule has 0 aliphatic carbocycles. The second kappa shape index (κ2) is 6.59. The van der Waals surface area contributed by atoms with Crippen molar-refractivity contribution in [3.8, 4) is 0 Å². The standard InChI is InChI=1S/C12H21NO4/c1-3-9(2)13(7-11(14)15)12(16)10-5-4-6-17-8-10/h9-10H,3-8H2,1-2H3,(H,14,15). The number of rotatable bonds is 5. The number of nitrogens with zero attached hydrogens (tertiary/aromatic N) is 1. The van der Waals surface area contributed by atoms with Crippen LogP contribution in [0.25, 0.3) is 0 Å². The normalized spacial score (nSPS) is 21.9. The Bertz CT molecular complexity index is 274. The fourth-order valence-electron chi connectivity index (χ4n) is 1.99. The summed E-state index contributed by atoms with van der Waals surface area (Å²) >= 11 is 0. The first-order valence-corrected chi connectivity index (χ1v) is 6.16. The fraction of sp³-hybridized carbons (Fsp3) is 0.833. The van der Waals surface area contributed by atoms with E-state index in [1.807, 2.05) is 13.8 Å². The van der Waals surface area contributed by atoms with Crippen molar-refractivity contribution in [2.24, 2.45) is 5.92 Å². The summed E-state index contributed by atoms with van der Waals surface area (Å²) in [6, 6.07) is -0.0412. The number of carbonyl (C=O) groups excluding carboxylic acids is 1. The predicted octanol–water partition coefficient (Wildman–Crippen LogP) is 1.12. The molecule has 5 nitrogen and oxygen atoms in total. The Hall–Kier alpha value is -1.10. The second-order valence-corrected chi connectivity index (χ2v) is 4.53. The summed E-state index contributed by atoms with van der Waals surface area (Å²) in [6.07, 6.45) is 2.43. The summed E-state index contributed by atoms with van der Waals surface area (Å²) in [5, 5.41) is 8.85. The summed E-state index contributed by atoms with van der Waals surface area (Å²) in [4.78, 5) is 24.5. The minimum atomic E-state index is -0.963. The van der Waals surface area contributed by atoms with E-state index in [0.29, 0.717) is 13.2 Å². The van der Waals surface area contributed by atoms with Crippen LogP contribution in [0.1, 0.15) is 33.1 Å². The molecule has 0 spiro atoms. The Balaban J connectivity index is 2.66. The smallest absolute Gasteiger partial charge is 0.323 e. The Morgan fingerprint density at radius 3 is 2.71 bits per heavy atom. The molecule has 0 saturated carbocycles. The lowest BCUT2D eigenvalue weighted by Gasteiger charge is -2.32. The van der Waals surface area contributed by atoms with Gasteiger partial charge in [0.05, 0.1) is 12.5 Å². The minimum Gasteiger partial charge on any atom is -0.480 e. The van der Waals surface area contributed by atoms with E-state index >= 15 is 0 Å². The maximum absolute atomic E-state index is 12.2. The van der Waals surface area contributed by atoms with Crippen molar-refractivity contribution < 1.29 is 19.4 Å². The first-order valence-electron chi connectivity index (χ1n) is 6.16. The van der Waals surface area contributed by atoms with Gasteiger partial charge in [0.25, 0.3) is 0 Å². The third kappa shape index (κ3) is 4.00. The lowest BCUT2D eigenvalue weighted by atomic mass is 9.99. The SMILES string of the molecule is CCC(C)N(CC(=O)O)C(=O)C1CCCOC1. The van der Waals surface area contributed by atoms with Crippen LogP contribution in [0.3, 0.4) is 0 Å². The molecule has 2 unspecified atom stereocenters. The molecule has 0 bridgehead atoms. The molecule has 98 valence electrons. The van der Waals surface area contributed by atoms with Crippen LogP contribution >= 0.6 is 0 Å². The van der Waals surface area contributed by atoms with Gasteiger partial charge in [-0.15, -0.1) is 0 Å². The molecule has 5 heteroatoms. The zero-order valence-corrected chi connectivity index (χ0v) is 10.5. The van der Waals surface area contributed by atoms with E-state index in [2.05, 4.69) is 0 Å². The molecule has 2 atom stereocenters. The molecule has 1 aliphatic rings. The van der Waals surface area contributed by atoms with Crippen molar-refractivity contribution in [2.45, 2.75) is 39.2 Å². The highest BCUT2D eigenvalue weighted by Crippen LogP contribution is 2.18. The third-order valence-corrected chi connectivity index (χ3v) is 3.22. The van der Waals surface area contributed by atoms with E-state index in [1.54, 1.807) is 0 Å². The Labute approximate surface area is 102 Å². The Morgan fingerprint density at radius 2 is 2.24 bits per heavy atom. The number of hydrogen-bond donors (Lipinski definition) is 1. The summed E-state index contributed by atoms with van der Waals surface area (Å²) in [5.41, 5.74) is 0. The van der Waals surface area contributed by atoms with Crippen molar-refractivity contribution in [1.82, 2.24) is 4.90 Å². The van der Waals surface area contributed by atoms with Gasteiger partial charge in [-0.2, -0.15) is 0 Å². The first-order chi connectivity index (χ1) is 8.06. The number of carboxylic acid groups (broad SMARTS) is 1. The highest BCUT2D eigenvalue weighted by atomic mass is 16.5. The molecular formula is C12H21NO4. The molecule has 1 aliphatic heterocycles. The number of amides is 1. The van der Waals surface area contributed by atoms with Crippen LogP contribution in [0.2, 0.25) is 0 Å². The van der Waals surface area contributed by atoms with Crippen LogP contribution in [-0.4, -0.2) is 47.7 Å². The van der Waals surface area contributed by atoms with Gasteiger partial charge in [0, 0.05) is 12.6 Å². The molecule has 1 saturated heterocycles. The van der Waals surface area contributed by atoms with E-state index in [0.717, 1.165) is 19.3 Å². The lowest BCUT2D eigenvalue weighted by molar-refractivity contribution is -0.150. The average molecular weight is 243 g/mol. The molecule has 0 aromatic carbocycles. The van der Waals surface area contributed by atoms with E-state index in [1.165, 1.54) is 4.90 Å². The molecule has 0 radical (unpaired) electrons. The Kier molecular flexibility index (Phi) is 5.41. The van der Waals surface area contributed by atoms with Gasteiger partial charge >= 0.3 is 5.97 Å². The molecule has 0 aromatic rings. The van der Waals surface area contributed by atoms with E-state index in [-0.39, 0.29) is 24.4 Å². The van der Waals surface area contributed by atoms with Crippen LogP contribution in [0.15, 0.2) is 0 Å². The summed E-state index contributed by atoms with van der Waals surface area (Å²) in [7, 11) is 0. The molecule has 17 heavy (non-hydrogen) atoms. The summed E-state index contributed by atoms with van der Waals surface area (Å²) < 4.78 is 5.28. The number of carboxylic acids is 1. The molecule has 1 fully saturated rings. The lowest BCUT2D eigenvalue weighted by Crippen LogP contribution is -2.46. The van der Waals surface area contributed by atoms with Crippen LogP contribution in [0.5, 0.6) is 0 Å². The highest BCUT2D eigenvalue weighted by Gasteiger charge is 2.29. The van der Waals surface area contributed by atoms with Crippen molar-refractivity contribution >= 4 is 11.9 Å². The third-order valence-electron chi connectivity index (χ3n) is 3.22. The van der Waals surface area contributed by atoms with E-state index in [9.17, 15) is 9.59 Å². The van der Waals surface area contributed by atoms with Gasteiger partial charge in [0.1, 0.15) is 6.54 Å². The van der Waals surface area contributed by atoms with Gasteiger partial charge in [0.2, 0.25) is 5.91 Å². The van der Waals surface area contributed by atoms with Crippen molar-refractivity contribution in [2.75, 3.05) is 19.8 Å². The van der Waals surface area contributed by atoms with Crippen LogP contribution in [0, 0.1) is 5.92 Å². The summed E-state index contributed by atoms with van der Waals surface area (Å²) in [5.74, 6) is -1.21. The maximum Gasteiger partial charge on any atom is 0.323 e. The molecular weight excluding hydrogens is 222 g/mol. The summed E-state index contributed by atoms with van der Waals surface area (Å²) in [6.45, 7) is 4.73. The number of carbonyl (C=O) groups is 2. The number of hydrogen-bond acceptors (Lipinski definition) is 3. The van der Waals surface area contributed by atoms with Crippen molar-refractivity contribution in [3.63, 3.8) is 0 Å². The zero-order chi connectivity index (χ0) is 12.8. The van der Waals surface area contributed by atoms with Gasteiger partial charge in [0.15, 0.2) is 0 Å². The highest BCUT2D eigenvalue weighted by molar-refractivity contribution is 5.83. The van der Waals surface area contributed by atoms with Gasteiger partial charge in [-0.05, 0) is 26.2 Å². The second-order valence-electron chi connectivity index (χ2n) is 4.53. The molecule has 0 aromatic heterocycles. The van der Waals surface area contributed by atoms with E-state index < -0.39 is 5.97 Å². The number of aliphatic carboxylic acids is 1. The number of ether oxygens (including phenoxy) is 1. The van der Waals surface area contributed by atoms with Crippen LogP contribution in [-0.2, 0) is 14.3 Å². The maximum atomic E-state index is 12.2. The van der Waals surface area contributed by atoms with Gasteiger partial charge in [-0.25, -0.2) is 0 Å². The Morgan fingerprint density at radius 1 is 1.53 bits per heavy atom. The molecule has 1 amide bonds. The van der Waals surface area contributed by atoms with Gasteiger partial charge in [-0.3, -0.25) is 9.59 Å².